The number of anilines is 1. The molecule has 3 unspecified atom stereocenters. The van der Waals surface area contributed by atoms with Crippen LogP contribution in [-0.2, 0) is 9.53 Å². The summed E-state index contributed by atoms with van der Waals surface area (Å²) in [6.45, 7) is 0. The van der Waals surface area contributed by atoms with Gasteiger partial charge in [0.15, 0.2) is 0 Å². The number of rotatable bonds is 2. The number of carbonyl (C=O) groups excluding carboxylic acids is 1. The van der Waals surface area contributed by atoms with E-state index < -0.39 is 12.2 Å². The summed E-state index contributed by atoms with van der Waals surface area (Å²) in [4.78, 5) is 12.1. The lowest BCUT2D eigenvalue weighted by atomic mass is 9.96. The molecule has 2 aliphatic rings. The Morgan fingerprint density at radius 1 is 1.37 bits per heavy atom. The molecular formula is C13H11Cl2NO3. The van der Waals surface area contributed by atoms with Crippen molar-refractivity contribution in [1.82, 2.24) is 0 Å². The standard InChI is InChI=1S/C13H11Cl2NO3/c14-9-2-1-6(3-10(9)15)16-13(18)8-4-7-5-11(17)12(8)19-7/h1-4,7,11-12,17H,5H2,(H,16,18). The molecule has 2 bridgehead atoms. The Morgan fingerprint density at radius 2 is 2.16 bits per heavy atom. The van der Waals surface area contributed by atoms with E-state index in [9.17, 15) is 9.90 Å². The minimum atomic E-state index is -0.607. The molecule has 2 heterocycles. The topological polar surface area (TPSA) is 58.6 Å². The van der Waals surface area contributed by atoms with Crippen LogP contribution in [0.2, 0.25) is 10.0 Å². The minimum Gasteiger partial charge on any atom is -0.390 e. The lowest BCUT2D eigenvalue weighted by Gasteiger charge is -2.16. The highest BCUT2D eigenvalue weighted by molar-refractivity contribution is 6.42. The summed E-state index contributed by atoms with van der Waals surface area (Å²) in [5.74, 6) is -0.287. The summed E-state index contributed by atoms with van der Waals surface area (Å²) in [6.07, 6.45) is 1.02. The van der Waals surface area contributed by atoms with Gasteiger partial charge in [-0.1, -0.05) is 23.2 Å². The maximum atomic E-state index is 12.1. The molecule has 2 N–H and O–H groups in total. The van der Waals surface area contributed by atoms with Crippen LogP contribution >= 0.6 is 23.2 Å². The van der Waals surface area contributed by atoms with Crippen LogP contribution in [0.25, 0.3) is 0 Å². The van der Waals surface area contributed by atoms with E-state index in [0.29, 0.717) is 27.7 Å². The third-order valence-electron chi connectivity index (χ3n) is 3.26. The predicted molar refractivity (Wildman–Crippen MR) is 72.5 cm³/mol. The molecule has 0 spiro atoms. The highest BCUT2D eigenvalue weighted by atomic mass is 35.5. The van der Waals surface area contributed by atoms with E-state index in [1.54, 1.807) is 24.3 Å². The molecule has 3 rings (SSSR count). The fourth-order valence-electron chi connectivity index (χ4n) is 2.36. The van der Waals surface area contributed by atoms with Gasteiger partial charge in [0, 0.05) is 17.7 Å². The molecule has 100 valence electrons. The van der Waals surface area contributed by atoms with Crippen LogP contribution < -0.4 is 5.32 Å². The Morgan fingerprint density at radius 3 is 2.79 bits per heavy atom. The SMILES string of the molecule is O=C(Nc1ccc(Cl)c(Cl)c1)C1=CC2CC(O)C1O2. The lowest BCUT2D eigenvalue weighted by molar-refractivity contribution is -0.114. The zero-order valence-corrected chi connectivity index (χ0v) is 11.3. The number of ether oxygens (including phenoxy) is 1. The molecule has 2 aliphatic heterocycles. The molecule has 0 aliphatic carbocycles. The Kier molecular flexibility index (Phi) is 3.27. The number of nitrogens with one attached hydrogen (secondary N) is 1. The molecule has 3 atom stereocenters. The maximum Gasteiger partial charge on any atom is 0.254 e. The highest BCUT2D eigenvalue weighted by Crippen LogP contribution is 2.34. The first-order chi connectivity index (χ1) is 9.04. The molecule has 1 aromatic rings. The summed E-state index contributed by atoms with van der Waals surface area (Å²) in [5, 5.41) is 13.2. The molecule has 0 aromatic heterocycles. The highest BCUT2D eigenvalue weighted by Gasteiger charge is 2.43. The fourth-order valence-corrected chi connectivity index (χ4v) is 2.66. The smallest absolute Gasteiger partial charge is 0.254 e. The minimum absolute atomic E-state index is 0.158. The van der Waals surface area contributed by atoms with Crippen molar-refractivity contribution in [1.29, 1.82) is 0 Å². The number of benzene rings is 1. The Hall–Kier alpha value is -1.07. The maximum absolute atomic E-state index is 12.1. The van der Waals surface area contributed by atoms with Crippen molar-refractivity contribution in [2.45, 2.75) is 24.7 Å². The van der Waals surface area contributed by atoms with Crippen LogP contribution in [0, 0.1) is 0 Å². The number of hydrogen-bond donors (Lipinski definition) is 2. The normalized spacial score (nSPS) is 28.4. The van der Waals surface area contributed by atoms with Gasteiger partial charge in [-0.05, 0) is 24.3 Å². The predicted octanol–water partition coefficient (Wildman–Crippen LogP) is 2.39. The molecule has 1 aromatic carbocycles. The second-order valence-electron chi connectivity index (χ2n) is 4.60. The lowest BCUT2D eigenvalue weighted by Crippen LogP contribution is -2.30. The Labute approximate surface area is 120 Å². The van der Waals surface area contributed by atoms with Crippen molar-refractivity contribution in [2.75, 3.05) is 5.32 Å². The van der Waals surface area contributed by atoms with Gasteiger partial charge in [0.2, 0.25) is 0 Å². The van der Waals surface area contributed by atoms with Crippen LogP contribution in [-0.4, -0.2) is 29.3 Å². The van der Waals surface area contributed by atoms with E-state index in [2.05, 4.69) is 5.32 Å². The van der Waals surface area contributed by atoms with Crippen molar-refractivity contribution in [3.63, 3.8) is 0 Å². The van der Waals surface area contributed by atoms with E-state index in [0.717, 1.165) is 0 Å². The summed E-state index contributed by atoms with van der Waals surface area (Å²) in [6, 6.07) is 4.85. The summed E-state index contributed by atoms with van der Waals surface area (Å²) >= 11 is 11.7. The zero-order valence-electron chi connectivity index (χ0n) is 9.77. The molecular weight excluding hydrogens is 289 g/mol. The number of aliphatic hydroxyl groups is 1. The van der Waals surface area contributed by atoms with E-state index >= 15 is 0 Å². The van der Waals surface area contributed by atoms with Gasteiger partial charge >= 0.3 is 0 Å². The van der Waals surface area contributed by atoms with Gasteiger partial charge in [-0.2, -0.15) is 0 Å². The third kappa shape index (κ3) is 2.37. The summed E-state index contributed by atoms with van der Waals surface area (Å²) < 4.78 is 5.45. The second kappa shape index (κ2) is 4.80. The van der Waals surface area contributed by atoms with Crippen LogP contribution in [0.4, 0.5) is 5.69 Å². The van der Waals surface area contributed by atoms with E-state index in [1.807, 2.05) is 0 Å². The summed E-state index contributed by atoms with van der Waals surface area (Å²) in [5.41, 5.74) is 1.02. The van der Waals surface area contributed by atoms with Crippen molar-refractivity contribution in [3.8, 4) is 0 Å². The number of hydrogen-bond acceptors (Lipinski definition) is 3. The van der Waals surface area contributed by atoms with Gasteiger partial charge in [0.05, 0.1) is 22.3 Å². The van der Waals surface area contributed by atoms with Crippen molar-refractivity contribution in [2.24, 2.45) is 0 Å². The molecule has 1 saturated heterocycles. The average molecular weight is 300 g/mol. The average Bonchev–Trinajstić information content (AvgIpc) is 2.92. The van der Waals surface area contributed by atoms with Gasteiger partial charge in [-0.25, -0.2) is 0 Å². The quantitative estimate of drug-likeness (QED) is 0.881. The number of amides is 1. The number of halogens is 2. The number of carbonyl (C=O) groups is 1. The Balaban J connectivity index is 1.75. The van der Waals surface area contributed by atoms with Gasteiger partial charge < -0.3 is 15.2 Å². The first kappa shape index (κ1) is 12.9. The molecule has 1 amide bonds. The first-order valence-electron chi connectivity index (χ1n) is 5.86. The largest absolute Gasteiger partial charge is 0.390 e. The van der Waals surface area contributed by atoms with Gasteiger partial charge in [-0.3, -0.25) is 4.79 Å². The van der Waals surface area contributed by atoms with E-state index in [1.165, 1.54) is 0 Å². The number of aliphatic hydroxyl groups excluding tert-OH is 1. The van der Waals surface area contributed by atoms with Crippen LogP contribution in [0.3, 0.4) is 0 Å². The number of fused-ring (bicyclic) bond motifs is 2. The van der Waals surface area contributed by atoms with Gasteiger partial charge in [-0.15, -0.1) is 0 Å². The third-order valence-corrected chi connectivity index (χ3v) is 4.00. The van der Waals surface area contributed by atoms with Crippen molar-refractivity contribution < 1.29 is 14.6 Å². The molecule has 1 fully saturated rings. The van der Waals surface area contributed by atoms with E-state index in [4.69, 9.17) is 27.9 Å². The molecule has 0 saturated carbocycles. The van der Waals surface area contributed by atoms with E-state index in [-0.39, 0.29) is 12.0 Å². The Bertz CT molecular complexity index is 573. The fraction of sp³-hybridized carbons (Fsp3) is 0.308. The van der Waals surface area contributed by atoms with Gasteiger partial charge in [0.25, 0.3) is 5.91 Å². The van der Waals surface area contributed by atoms with Crippen molar-refractivity contribution in [3.05, 3.63) is 39.9 Å². The van der Waals surface area contributed by atoms with Crippen LogP contribution in [0.15, 0.2) is 29.8 Å². The molecule has 6 heteroatoms. The zero-order chi connectivity index (χ0) is 13.6. The van der Waals surface area contributed by atoms with Crippen LogP contribution in [0.5, 0.6) is 0 Å². The van der Waals surface area contributed by atoms with Crippen LogP contribution in [0.1, 0.15) is 6.42 Å². The molecule has 4 nitrogen and oxygen atoms in total. The monoisotopic (exact) mass is 299 g/mol. The van der Waals surface area contributed by atoms with Crippen molar-refractivity contribution >= 4 is 34.8 Å². The second-order valence-corrected chi connectivity index (χ2v) is 5.42. The molecule has 0 radical (unpaired) electrons. The van der Waals surface area contributed by atoms with Gasteiger partial charge in [0.1, 0.15) is 6.10 Å². The first-order valence-corrected chi connectivity index (χ1v) is 6.62. The summed E-state index contributed by atoms with van der Waals surface area (Å²) in [7, 11) is 0. The molecule has 19 heavy (non-hydrogen) atoms.